The van der Waals surface area contributed by atoms with Gasteiger partial charge in [0.25, 0.3) is 0 Å². The summed E-state index contributed by atoms with van der Waals surface area (Å²) < 4.78 is 11.1. The average Bonchev–Trinajstić information content (AvgIpc) is 2.46. The highest BCUT2D eigenvalue weighted by Gasteiger charge is 1.98. The van der Waals surface area contributed by atoms with Gasteiger partial charge in [0.1, 0.15) is 19.0 Å². The largest absolute Gasteiger partial charge is 0.490 e. The zero-order valence-electron chi connectivity index (χ0n) is 11.0. The molecule has 1 aromatic heterocycles. The summed E-state index contributed by atoms with van der Waals surface area (Å²) in [5.74, 6) is 1.48. The van der Waals surface area contributed by atoms with Crippen LogP contribution in [-0.2, 0) is 6.54 Å². The van der Waals surface area contributed by atoms with Crippen LogP contribution in [0.3, 0.4) is 0 Å². The molecule has 0 atom stereocenters. The quantitative estimate of drug-likeness (QED) is 0.774. The van der Waals surface area contributed by atoms with Crippen molar-refractivity contribution in [1.82, 2.24) is 10.3 Å². The maximum absolute atomic E-state index is 5.55. The molecule has 0 spiro atoms. The van der Waals surface area contributed by atoms with Crippen LogP contribution < -0.4 is 14.8 Å². The summed E-state index contributed by atoms with van der Waals surface area (Å²) >= 11 is 0. The van der Waals surface area contributed by atoms with E-state index in [1.165, 1.54) is 0 Å². The number of aromatic nitrogens is 1. The molecule has 0 aliphatic heterocycles. The van der Waals surface area contributed by atoms with Crippen molar-refractivity contribution >= 4 is 0 Å². The van der Waals surface area contributed by atoms with Gasteiger partial charge in [-0.25, -0.2) is 4.98 Å². The Bertz CT molecular complexity index is 489. The molecular formula is C15H18N2O2. The molecule has 0 aliphatic carbocycles. The normalized spacial score (nSPS) is 10.2. The van der Waals surface area contributed by atoms with Crippen molar-refractivity contribution < 1.29 is 9.47 Å². The number of hydrogen-bond donors (Lipinski definition) is 1. The number of rotatable bonds is 7. The van der Waals surface area contributed by atoms with E-state index in [4.69, 9.17) is 9.47 Å². The highest BCUT2D eigenvalue weighted by atomic mass is 16.5. The van der Waals surface area contributed by atoms with Gasteiger partial charge in [-0.1, -0.05) is 18.2 Å². The zero-order chi connectivity index (χ0) is 13.3. The molecule has 2 rings (SSSR count). The fourth-order valence-electron chi connectivity index (χ4n) is 1.67. The van der Waals surface area contributed by atoms with Crippen LogP contribution in [0.5, 0.6) is 11.6 Å². The number of pyridine rings is 1. The first-order valence-corrected chi connectivity index (χ1v) is 6.28. The molecule has 0 bridgehead atoms. The Hall–Kier alpha value is -2.07. The van der Waals surface area contributed by atoms with E-state index < -0.39 is 0 Å². The summed E-state index contributed by atoms with van der Waals surface area (Å²) in [6.45, 7) is 1.78. The molecule has 0 unspecified atom stereocenters. The Kier molecular flexibility index (Phi) is 5.19. The first-order valence-electron chi connectivity index (χ1n) is 6.28. The van der Waals surface area contributed by atoms with Crippen LogP contribution in [0.15, 0.2) is 48.7 Å². The molecule has 19 heavy (non-hydrogen) atoms. The van der Waals surface area contributed by atoms with Crippen LogP contribution in [-0.4, -0.2) is 25.2 Å². The van der Waals surface area contributed by atoms with E-state index >= 15 is 0 Å². The van der Waals surface area contributed by atoms with E-state index in [1.807, 2.05) is 49.5 Å². The first kappa shape index (κ1) is 13.4. The van der Waals surface area contributed by atoms with Gasteiger partial charge in [0.15, 0.2) is 0 Å². The summed E-state index contributed by atoms with van der Waals surface area (Å²) in [5.41, 5.74) is 1.15. The molecule has 0 saturated carbocycles. The summed E-state index contributed by atoms with van der Waals surface area (Å²) in [7, 11) is 1.91. The Labute approximate surface area is 113 Å². The maximum atomic E-state index is 5.55. The van der Waals surface area contributed by atoms with Crippen molar-refractivity contribution in [2.45, 2.75) is 6.54 Å². The van der Waals surface area contributed by atoms with Gasteiger partial charge in [-0.15, -0.1) is 0 Å². The Morgan fingerprint density at radius 2 is 1.84 bits per heavy atom. The molecule has 0 saturated heterocycles. The molecule has 1 heterocycles. The second-order valence-electron chi connectivity index (χ2n) is 4.04. The number of nitrogens with one attached hydrogen (secondary N) is 1. The van der Waals surface area contributed by atoms with Gasteiger partial charge in [0, 0.05) is 18.8 Å². The fourth-order valence-corrected chi connectivity index (χ4v) is 1.67. The smallest absolute Gasteiger partial charge is 0.213 e. The van der Waals surface area contributed by atoms with Gasteiger partial charge >= 0.3 is 0 Å². The fraction of sp³-hybridized carbons (Fsp3) is 0.267. The van der Waals surface area contributed by atoms with Crippen LogP contribution >= 0.6 is 0 Å². The van der Waals surface area contributed by atoms with Crippen molar-refractivity contribution in [2.24, 2.45) is 0 Å². The minimum atomic E-state index is 0.477. The number of para-hydroxylation sites is 1. The average molecular weight is 258 g/mol. The van der Waals surface area contributed by atoms with E-state index in [9.17, 15) is 0 Å². The third-order valence-electron chi connectivity index (χ3n) is 2.53. The highest BCUT2D eigenvalue weighted by Crippen LogP contribution is 2.10. The van der Waals surface area contributed by atoms with Crippen LogP contribution in [0.4, 0.5) is 0 Å². The number of ether oxygens (including phenoxy) is 2. The van der Waals surface area contributed by atoms with E-state index in [1.54, 1.807) is 6.20 Å². The highest BCUT2D eigenvalue weighted by molar-refractivity contribution is 5.21. The van der Waals surface area contributed by atoms with E-state index in [-0.39, 0.29) is 0 Å². The van der Waals surface area contributed by atoms with Crippen molar-refractivity contribution in [2.75, 3.05) is 20.3 Å². The third-order valence-corrected chi connectivity index (χ3v) is 2.53. The van der Waals surface area contributed by atoms with E-state index in [0.29, 0.717) is 19.1 Å². The van der Waals surface area contributed by atoms with Gasteiger partial charge in [0.2, 0.25) is 5.88 Å². The third kappa shape index (κ3) is 4.60. The predicted molar refractivity (Wildman–Crippen MR) is 74.4 cm³/mol. The predicted octanol–water partition coefficient (Wildman–Crippen LogP) is 2.26. The monoisotopic (exact) mass is 258 g/mol. The lowest BCUT2D eigenvalue weighted by atomic mass is 10.3. The van der Waals surface area contributed by atoms with Crippen LogP contribution in [0.25, 0.3) is 0 Å². The number of benzene rings is 1. The first-order chi connectivity index (χ1) is 9.38. The van der Waals surface area contributed by atoms with Gasteiger partial charge < -0.3 is 14.8 Å². The second-order valence-corrected chi connectivity index (χ2v) is 4.04. The topological polar surface area (TPSA) is 43.4 Å². The van der Waals surface area contributed by atoms with Crippen LogP contribution in [0.1, 0.15) is 5.56 Å². The molecule has 0 amide bonds. The van der Waals surface area contributed by atoms with Crippen molar-refractivity contribution in [3.63, 3.8) is 0 Å². The Morgan fingerprint density at radius 1 is 1.05 bits per heavy atom. The van der Waals surface area contributed by atoms with Gasteiger partial charge in [-0.2, -0.15) is 0 Å². The van der Waals surface area contributed by atoms with Crippen LogP contribution in [0.2, 0.25) is 0 Å². The second kappa shape index (κ2) is 7.38. The minimum Gasteiger partial charge on any atom is -0.490 e. The number of nitrogens with zero attached hydrogens (tertiary/aromatic N) is 1. The summed E-state index contributed by atoms with van der Waals surface area (Å²) in [6.07, 6.45) is 1.75. The lowest BCUT2D eigenvalue weighted by Crippen LogP contribution is -2.10. The molecule has 4 heteroatoms. The van der Waals surface area contributed by atoms with E-state index in [2.05, 4.69) is 10.3 Å². The lowest BCUT2D eigenvalue weighted by molar-refractivity contribution is 0.212. The van der Waals surface area contributed by atoms with Gasteiger partial charge in [-0.3, -0.25) is 0 Å². The minimum absolute atomic E-state index is 0.477. The molecule has 2 aromatic rings. The van der Waals surface area contributed by atoms with Gasteiger partial charge in [-0.05, 0) is 30.8 Å². The molecule has 100 valence electrons. The van der Waals surface area contributed by atoms with Gasteiger partial charge in [0.05, 0.1) is 0 Å². The molecule has 0 aliphatic rings. The molecular weight excluding hydrogens is 240 g/mol. The maximum Gasteiger partial charge on any atom is 0.213 e. The van der Waals surface area contributed by atoms with Crippen molar-refractivity contribution in [3.05, 3.63) is 54.2 Å². The molecule has 0 radical (unpaired) electrons. The lowest BCUT2D eigenvalue weighted by Gasteiger charge is -2.08. The zero-order valence-corrected chi connectivity index (χ0v) is 11.0. The molecule has 4 nitrogen and oxygen atoms in total. The summed E-state index contributed by atoms with van der Waals surface area (Å²) in [4.78, 5) is 4.16. The SMILES string of the molecule is CNCc1ccnc(OCCOc2ccccc2)c1. The van der Waals surface area contributed by atoms with Crippen molar-refractivity contribution in [3.8, 4) is 11.6 Å². The Morgan fingerprint density at radius 3 is 2.63 bits per heavy atom. The summed E-state index contributed by atoms with van der Waals surface area (Å²) in [5, 5.41) is 3.09. The molecule has 1 N–H and O–H groups in total. The molecule has 1 aromatic carbocycles. The van der Waals surface area contributed by atoms with Crippen molar-refractivity contribution in [1.29, 1.82) is 0 Å². The number of hydrogen-bond acceptors (Lipinski definition) is 4. The standard InChI is InChI=1S/C15H18N2O2/c1-16-12-13-7-8-17-15(11-13)19-10-9-18-14-5-3-2-4-6-14/h2-8,11,16H,9-10,12H2,1H3. The summed E-state index contributed by atoms with van der Waals surface area (Å²) in [6, 6.07) is 13.6. The van der Waals surface area contributed by atoms with Crippen LogP contribution in [0, 0.1) is 0 Å². The van der Waals surface area contributed by atoms with E-state index in [0.717, 1.165) is 17.9 Å². The Balaban J connectivity index is 1.75. The molecule has 0 fully saturated rings.